The molecule has 5 nitrogen and oxygen atoms in total. The summed E-state index contributed by atoms with van der Waals surface area (Å²) >= 11 is 0. The van der Waals surface area contributed by atoms with Gasteiger partial charge in [-0.2, -0.15) is 0 Å². The Morgan fingerprint density at radius 2 is 1.62 bits per heavy atom. The van der Waals surface area contributed by atoms with Crippen LogP contribution in [0.25, 0.3) is 0 Å². The number of nitrogens with one attached hydrogen (secondary N) is 2. The van der Waals surface area contributed by atoms with Crippen LogP contribution in [-0.4, -0.2) is 22.8 Å². The van der Waals surface area contributed by atoms with Crippen molar-refractivity contribution in [3.63, 3.8) is 0 Å². The van der Waals surface area contributed by atoms with Crippen molar-refractivity contribution < 1.29 is 9.59 Å². The predicted octanol–water partition coefficient (Wildman–Crippen LogP) is 3.37. The van der Waals surface area contributed by atoms with Crippen molar-refractivity contribution in [2.75, 3.05) is 0 Å². The van der Waals surface area contributed by atoms with Crippen molar-refractivity contribution in [3.8, 4) is 0 Å². The molecule has 26 heavy (non-hydrogen) atoms. The zero-order valence-electron chi connectivity index (χ0n) is 16.0. The van der Waals surface area contributed by atoms with Gasteiger partial charge in [-0.25, -0.2) is 0 Å². The van der Waals surface area contributed by atoms with Gasteiger partial charge >= 0.3 is 0 Å². The van der Waals surface area contributed by atoms with Gasteiger partial charge in [0.25, 0.3) is 5.91 Å². The number of hydrogen-bond acceptors (Lipinski definition) is 3. The molecule has 2 rings (SSSR count). The number of aromatic nitrogens is 1. The average molecular weight is 353 g/mol. The molecular formula is C21H27N3O2. The van der Waals surface area contributed by atoms with E-state index in [-0.39, 0.29) is 23.3 Å². The molecule has 2 unspecified atom stereocenters. The molecule has 0 saturated carbocycles. The van der Waals surface area contributed by atoms with E-state index in [1.54, 1.807) is 25.3 Å². The van der Waals surface area contributed by atoms with E-state index in [4.69, 9.17) is 0 Å². The van der Waals surface area contributed by atoms with Gasteiger partial charge in [0.05, 0.1) is 11.7 Å². The first-order valence-corrected chi connectivity index (χ1v) is 8.81. The largest absolute Gasteiger partial charge is 0.346 e. The van der Waals surface area contributed by atoms with Gasteiger partial charge < -0.3 is 10.6 Å². The predicted molar refractivity (Wildman–Crippen MR) is 103 cm³/mol. The summed E-state index contributed by atoms with van der Waals surface area (Å²) in [6, 6.07) is 12.2. The lowest BCUT2D eigenvalue weighted by molar-refractivity contribution is -0.123. The third kappa shape index (κ3) is 5.15. The van der Waals surface area contributed by atoms with Crippen molar-refractivity contribution in [3.05, 3.63) is 65.5 Å². The van der Waals surface area contributed by atoms with Gasteiger partial charge in [-0.15, -0.1) is 0 Å². The van der Waals surface area contributed by atoms with Crippen LogP contribution in [0.1, 0.15) is 62.3 Å². The standard InChI is InChI=1S/C21H27N3O2/c1-14(18-8-6-7-13-22-18)23-19(25)15(2)24-20(26)16-9-11-17(12-10-16)21(3,4)5/h6-15H,1-5H3,(H,23,25)(H,24,26). The zero-order chi connectivity index (χ0) is 19.3. The van der Waals surface area contributed by atoms with Crippen LogP contribution in [0.3, 0.4) is 0 Å². The Hall–Kier alpha value is -2.69. The van der Waals surface area contributed by atoms with Gasteiger partial charge in [0.2, 0.25) is 5.91 Å². The van der Waals surface area contributed by atoms with Crippen LogP contribution in [-0.2, 0) is 10.2 Å². The summed E-state index contributed by atoms with van der Waals surface area (Å²) in [5.74, 6) is -0.513. The molecule has 1 aromatic heterocycles. The summed E-state index contributed by atoms with van der Waals surface area (Å²) in [6.45, 7) is 9.90. The summed E-state index contributed by atoms with van der Waals surface area (Å²) in [4.78, 5) is 28.9. The first-order valence-electron chi connectivity index (χ1n) is 8.81. The Balaban J connectivity index is 1.94. The molecule has 0 aliphatic carbocycles. The van der Waals surface area contributed by atoms with Crippen molar-refractivity contribution >= 4 is 11.8 Å². The van der Waals surface area contributed by atoms with Crippen LogP contribution < -0.4 is 10.6 Å². The topological polar surface area (TPSA) is 71.1 Å². The SMILES string of the molecule is CC(NC(=O)c1ccc(C(C)(C)C)cc1)C(=O)NC(C)c1ccccn1. The molecule has 5 heteroatoms. The quantitative estimate of drug-likeness (QED) is 0.866. The van der Waals surface area contributed by atoms with Crippen molar-refractivity contribution in [1.82, 2.24) is 15.6 Å². The lowest BCUT2D eigenvalue weighted by atomic mass is 9.86. The fourth-order valence-corrected chi connectivity index (χ4v) is 2.51. The minimum Gasteiger partial charge on any atom is -0.346 e. The highest BCUT2D eigenvalue weighted by Crippen LogP contribution is 2.22. The molecule has 0 bridgehead atoms. The molecule has 0 aliphatic rings. The maximum absolute atomic E-state index is 12.4. The molecule has 2 N–H and O–H groups in total. The first kappa shape index (κ1) is 19.6. The van der Waals surface area contributed by atoms with Crippen LogP contribution in [0.2, 0.25) is 0 Å². The number of benzene rings is 1. The number of rotatable bonds is 5. The zero-order valence-corrected chi connectivity index (χ0v) is 16.0. The fourth-order valence-electron chi connectivity index (χ4n) is 2.51. The van der Waals surface area contributed by atoms with Gasteiger partial charge in [0, 0.05) is 11.8 Å². The third-order valence-electron chi connectivity index (χ3n) is 4.24. The monoisotopic (exact) mass is 353 g/mol. The molecule has 2 aromatic rings. The van der Waals surface area contributed by atoms with Crippen LogP contribution in [0.5, 0.6) is 0 Å². The molecular weight excluding hydrogens is 326 g/mol. The second-order valence-electron chi connectivity index (χ2n) is 7.51. The highest BCUT2D eigenvalue weighted by molar-refractivity contribution is 5.97. The molecule has 0 fully saturated rings. The summed E-state index contributed by atoms with van der Waals surface area (Å²) in [5, 5.41) is 5.61. The van der Waals surface area contributed by atoms with E-state index in [9.17, 15) is 9.59 Å². The third-order valence-corrected chi connectivity index (χ3v) is 4.24. The van der Waals surface area contributed by atoms with E-state index in [1.807, 2.05) is 37.3 Å². The summed E-state index contributed by atoms with van der Waals surface area (Å²) < 4.78 is 0. The molecule has 0 spiro atoms. The number of nitrogens with zero attached hydrogens (tertiary/aromatic N) is 1. The Bertz CT molecular complexity index is 749. The summed E-state index contributed by atoms with van der Waals surface area (Å²) in [5.41, 5.74) is 2.50. The lowest BCUT2D eigenvalue weighted by Gasteiger charge is -2.20. The first-order chi connectivity index (χ1) is 12.2. The van der Waals surface area contributed by atoms with E-state index < -0.39 is 6.04 Å². The van der Waals surface area contributed by atoms with Crippen LogP contribution >= 0.6 is 0 Å². The minimum atomic E-state index is -0.643. The Morgan fingerprint density at radius 3 is 2.15 bits per heavy atom. The second-order valence-corrected chi connectivity index (χ2v) is 7.51. The highest BCUT2D eigenvalue weighted by atomic mass is 16.2. The van der Waals surface area contributed by atoms with E-state index in [0.29, 0.717) is 5.56 Å². The molecule has 2 amide bonds. The van der Waals surface area contributed by atoms with E-state index in [0.717, 1.165) is 11.3 Å². The molecule has 0 aliphatic heterocycles. The maximum Gasteiger partial charge on any atom is 0.251 e. The number of pyridine rings is 1. The van der Waals surface area contributed by atoms with Crippen LogP contribution in [0.4, 0.5) is 0 Å². The average Bonchev–Trinajstić information content (AvgIpc) is 2.61. The molecule has 1 aromatic carbocycles. The van der Waals surface area contributed by atoms with Crippen LogP contribution in [0.15, 0.2) is 48.7 Å². The molecule has 0 radical (unpaired) electrons. The normalized spacial score (nSPS) is 13.6. The molecule has 0 saturated heterocycles. The molecule has 2 atom stereocenters. The maximum atomic E-state index is 12.4. The number of carbonyl (C=O) groups excluding carboxylic acids is 2. The highest BCUT2D eigenvalue weighted by Gasteiger charge is 2.20. The van der Waals surface area contributed by atoms with Gasteiger partial charge in [0.15, 0.2) is 0 Å². The molecule has 1 heterocycles. The van der Waals surface area contributed by atoms with Gasteiger partial charge in [-0.3, -0.25) is 14.6 Å². The van der Waals surface area contributed by atoms with Crippen molar-refractivity contribution in [2.45, 2.75) is 52.1 Å². The smallest absolute Gasteiger partial charge is 0.251 e. The van der Waals surface area contributed by atoms with E-state index in [1.165, 1.54) is 0 Å². The number of amides is 2. The summed E-state index contributed by atoms with van der Waals surface area (Å²) in [7, 11) is 0. The Kier molecular flexibility index (Phi) is 6.14. The number of carbonyl (C=O) groups is 2. The van der Waals surface area contributed by atoms with Gasteiger partial charge in [-0.05, 0) is 49.1 Å². The van der Waals surface area contributed by atoms with E-state index >= 15 is 0 Å². The fraction of sp³-hybridized carbons (Fsp3) is 0.381. The van der Waals surface area contributed by atoms with Crippen molar-refractivity contribution in [1.29, 1.82) is 0 Å². The van der Waals surface area contributed by atoms with E-state index in [2.05, 4.69) is 36.4 Å². The van der Waals surface area contributed by atoms with Gasteiger partial charge in [-0.1, -0.05) is 39.0 Å². The minimum absolute atomic E-state index is 0.0315. The summed E-state index contributed by atoms with van der Waals surface area (Å²) in [6.07, 6.45) is 1.68. The number of hydrogen-bond donors (Lipinski definition) is 2. The molecule has 138 valence electrons. The lowest BCUT2D eigenvalue weighted by Crippen LogP contribution is -2.45. The Morgan fingerprint density at radius 1 is 0.962 bits per heavy atom. The second kappa shape index (κ2) is 8.13. The Labute approximate surface area is 155 Å². The van der Waals surface area contributed by atoms with Gasteiger partial charge in [0.1, 0.15) is 6.04 Å². The van der Waals surface area contributed by atoms with Crippen molar-refractivity contribution in [2.24, 2.45) is 0 Å². The van der Waals surface area contributed by atoms with Crippen LogP contribution in [0, 0.1) is 0 Å².